The normalized spacial score (nSPS) is 26.9. The number of aromatic hydroxyl groups is 5. The van der Waals surface area contributed by atoms with Crippen molar-refractivity contribution in [1.29, 1.82) is 0 Å². The van der Waals surface area contributed by atoms with E-state index in [-0.39, 0.29) is 47.3 Å². The van der Waals surface area contributed by atoms with Crippen molar-refractivity contribution >= 4 is 24.1 Å². The molecule has 10 N–H and O–H groups in total. The molecule has 2 aliphatic heterocycles. The van der Waals surface area contributed by atoms with Crippen molar-refractivity contribution in [1.82, 2.24) is 0 Å². The average molecular weight is 847 g/mol. The van der Waals surface area contributed by atoms with Crippen LogP contribution in [0.5, 0.6) is 40.2 Å². The largest absolute Gasteiger partial charge is 0.504 e. The van der Waals surface area contributed by atoms with Crippen LogP contribution in [0.4, 0.5) is 0 Å². The van der Waals surface area contributed by atoms with Crippen molar-refractivity contribution in [2.75, 3.05) is 34.0 Å². The molecular weight excluding hydrogens is 800 g/mol. The van der Waals surface area contributed by atoms with Crippen LogP contribution in [-0.2, 0) is 44.4 Å². The molecule has 326 valence electrons. The van der Waals surface area contributed by atoms with Gasteiger partial charge in [0.2, 0.25) is 5.75 Å². The van der Waals surface area contributed by atoms with Gasteiger partial charge in [0.1, 0.15) is 49.3 Å². The average Bonchev–Trinajstić information content (AvgIpc) is 3.23. The molecule has 60 heavy (non-hydrogen) atoms. The van der Waals surface area contributed by atoms with E-state index in [1.807, 2.05) is 0 Å². The second-order valence-electron chi connectivity index (χ2n) is 13.5. The third kappa shape index (κ3) is 11.1. The van der Waals surface area contributed by atoms with Gasteiger partial charge in [0.15, 0.2) is 53.2 Å². The molecule has 0 radical (unpaired) electrons. The summed E-state index contributed by atoms with van der Waals surface area (Å²) < 4.78 is 44.2. The lowest BCUT2D eigenvalue weighted by Crippen LogP contribution is -2.65. The Morgan fingerprint density at radius 3 is 1.92 bits per heavy atom. The number of hydrogen-bond donors (Lipinski definition) is 10. The topological polar surface area (TPSA) is 310 Å². The molecule has 10 atom stereocenters. The number of carbonyl (C=O) groups is 2. The molecule has 3 aromatic rings. The summed E-state index contributed by atoms with van der Waals surface area (Å²) in [6, 6.07) is 10.6. The molecule has 2 fully saturated rings. The summed E-state index contributed by atoms with van der Waals surface area (Å²) in [5.41, 5.74) is 1.18. The highest BCUT2D eigenvalue weighted by Gasteiger charge is 2.53. The van der Waals surface area contributed by atoms with Crippen LogP contribution in [0, 0.1) is 0 Å². The number of aliphatic hydroxyl groups is 5. The maximum atomic E-state index is 13.1. The van der Waals surface area contributed by atoms with Crippen molar-refractivity contribution in [3.8, 4) is 40.2 Å². The van der Waals surface area contributed by atoms with Crippen molar-refractivity contribution in [3.05, 3.63) is 77.4 Å². The van der Waals surface area contributed by atoms with Gasteiger partial charge in [0.25, 0.3) is 0 Å². The van der Waals surface area contributed by atoms with E-state index in [1.54, 1.807) is 0 Å². The molecule has 0 amide bonds. The molecule has 20 nitrogen and oxygen atoms in total. The molecule has 0 unspecified atom stereocenters. The van der Waals surface area contributed by atoms with Gasteiger partial charge in [-0.05, 0) is 71.7 Å². The third-order valence-electron chi connectivity index (χ3n) is 9.43. The Hall–Kier alpha value is -5.68. The van der Waals surface area contributed by atoms with E-state index in [9.17, 15) is 60.7 Å². The van der Waals surface area contributed by atoms with Crippen LogP contribution in [0.15, 0.2) is 60.7 Å². The summed E-state index contributed by atoms with van der Waals surface area (Å²) in [5.74, 6) is -3.72. The summed E-state index contributed by atoms with van der Waals surface area (Å²) in [6.45, 7) is -1.69. The van der Waals surface area contributed by atoms with Crippen LogP contribution in [0.3, 0.4) is 0 Å². The Morgan fingerprint density at radius 2 is 1.28 bits per heavy atom. The second kappa shape index (κ2) is 20.5. The number of ether oxygens (including phenoxy) is 8. The minimum atomic E-state index is -2.01. The van der Waals surface area contributed by atoms with Crippen LogP contribution in [0.1, 0.15) is 16.7 Å². The van der Waals surface area contributed by atoms with Gasteiger partial charge in [-0.1, -0.05) is 12.1 Å². The summed E-state index contributed by atoms with van der Waals surface area (Å²) in [4.78, 5) is 25.8. The maximum absolute atomic E-state index is 13.1. The molecular formula is C40H46O20. The SMILES string of the molecule is COc1cc(C=CC(=O)OC[C@H]2O[C@@H](O[C@@H]3[C@@H](O)[C@H](OCCc4ccc(O)c(O)c4)O[C@H](CO)[C@H]3OC(=O)C=Cc3ccc(O)c(O)c3)[C@H](O)[C@@H](O)[C@@H]2O)cc(OC)c1O. The van der Waals surface area contributed by atoms with Crippen LogP contribution in [0.2, 0.25) is 0 Å². The fraction of sp³-hybridized carbons (Fsp3) is 0.400. The Bertz CT molecular complexity index is 1980. The van der Waals surface area contributed by atoms with E-state index in [1.165, 1.54) is 68.8 Å². The first kappa shape index (κ1) is 45.4. The first-order chi connectivity index (χ1) is 28.6. The van der Waals surface area contributed by atoms with Crippen molar-refractivity contribution in [3.63, 3.8) is 0 Å². The lowest BCUT2D eigenvalue weighted by atomic mass is 9.96. The number of carbonyl (C=O) groups excluding carboxylic acids is 2. The van der Waals surface area contributed by atoms with E-state index in [4.69, 9.17) is 37.9 Å². The maximum Gasteiger partial charge on any atom is 0.331 e. The first-order valence-electron chi connectivity index (χ1n) is 18.3. The zero-order valence-electron chi connectivity index (χ0n) is 32.1. The summed E-state index contributed by atoms with van der Waals surface area (Å²) in [5, 5.41) is 103. The van der Waals surface area contributed by atoms with Gasteiger partial charge in [-0.3, -0.25) is 0 Å². The third-order valence-corrected chi connectivity index (χ3v) is 9.43. The lowest BCUT2D eigenvalue weighted by molar-refractivity contribution is -0.360. The van der Waals surface area contributed by atoms with Gasteiger partial charge >= 0.3 is 11.9 Å². The minimum Gasteiger partial charge on any atom is -0.504 e. The van der Waals surface area contributed by atoms with Gasteiger partial charge in [-0.15, -0.1) is 0 Å². The quantitative estimate of drug-likeness (QED) is 0.0513. The molecule has 2 saturated heterocycles. The van der Waals surface area contributed by atoms with E-state index >= 15 is 0 Å². The molecule has 0 spiro atoms. The van der Waals surface area contributed by atoms with E-state index in [2.05, 4.69) is 0 Å². The van der Waals surface area contributed by atoms with Gasteiger partial charge < -0.3 is 89.0 Å². The van der Waals surface area contributed by atoms with Crippen LogP contribution in [-0.4, -0.2) is 158 Å². The molecule has 0 aliphatic carbocycles. The van der Waals surface area contributed by atoms with Crippen molar-refractivity contribution < 1.29 is 98.5 Å². The van der Waals surface area contributed by atoms with Crippen LogP contribution < -0.4 is 9.47 Å². The monoisotopic (exact) mass is 846 g/mol. The van der Waals surface area contributed by atoms with Gasteiger partial charge in [0.05, 0.1) is 27.4 Å². The fourth-order valence-electron chi connectivity index (χ4n) is 6.18. The van der Waals surface area contributed by atoms with Crippen LogP contribution in [0.25, 0.3) is 12.2 Å². The molecule has 0 aromatic heterocycles. The molecule has 3 aromatic carbocycles. The van der Waals surface area contributed by atoms with E-state index in [0.29, 0.717) is 11.1 Å². The molecule has 5 rings (SSSR count). The smallest absolute Gasteiger partial charge is 0.331 e. The number of hydrogen-bond acceptors (Lipinski definition) is 20. The zero-order valence-corrected chi connectivity index (χ0v) is 32.1. The number of benzene rings is 3. The minimum absolute atomic E-state index is 0.0662. The Morgan fingerprint density at radius 1 is 0.667 bits per heavy atom. The second-order valence-corrected chi connectivity index (χ2v) is 13.5. The highest BCUT2D eigenvalue weighted by Crippen LogP contribution is 2.38. The number of rotatable bonds is 16. The fourth-order valence-corrected chi connectivity index (χ4v) is 6.18. The van der Waals surface area contributed by atoms with Crippen molar-refractivity contribution in [2.24, 2.45) is 0 Å². The van der Waals surface area contributed by atoms with Gasteiger partial charge in [0, 0.05) is 12.2 Å². The van der Waals surface area contributed by atoms with Crippen LogP contribution >= 0.6 is 0 Å². The predicted octanol–water partition coefficient (Wildman–Crippen LogP) is -0.0564. The van der Waals surface area contributed by atoms with E-state index in [0.717, 1.165) is 18.2 Å². The number of phenolic OH excluding ortho intramolecular Hbond substituents is 5. The number of methoxy groups -OCH3 is 2. The predicted molar refractivity (Wildman–Crippen MR) is 203 cm³/mol. The molecule has 2 heterocycles. The molecule has 20 heteroatoms. The highest BCUT2D eigenvalue weighted by atomic mass is 16.7. The summed E-state index contributed by atoms with van der Waals surface area (Å²) >= 11 is 0. The lowest BCUT2D eigenvalue weighted by Gasteiger charge is -2.46. The Labute approximate surface area is 341 Å². The zero-order chi connectivity index (χ0) is 43.7. The molecule has 0 bridgehead atoms. The molecule has 2 aliphatic rings. The number of esters is 2. The summed E-state index contributed by atoms with van der Waals surface area (Å²) in [7, 11) is 2.64. The Balaban J connectivity index is 1.32. The van der Waals surface area contributed by atoms with Gasteiger partial charge in [-0.25, -0.2) is 9.59 Å². The number of aliphatic hydroxyl groups excluding tert-OH is 5. The van der Waals surface area contributed by atoms with Crippen molar-refractivity contribution in [2.45, 2.75) is 67.8 Å². The highest BCUT2D eigenvalue weighted by molar-refractivity contribution is 5.88. The first-order valence-corrected chi connectivity index (χ1v) is 18.3. The molecule has 0 saturated carbocycles. The Kier molecular flexibility index (Phi) is 15.5. The summed E-state index contributed by atoms with van der Waals surface area (Å²) in [6.07, 6.45) is -13.0. The van der Waals surface area contributed by atoms with E-state index < -0.39 is 98.1 Å². The number of phenols is 5. The standard InChI is InChI=1S/C40H46O20/c1-53-26-15-21(16-27(54-2)32(26)48)6-9-30(46)56-18-29-33(49)34(50)35(51)40(58-29)60-38-36(52)39(55-12-11-20-4-8-23(43)25(45)14-20)57-28(17-41)37(38)59-31(47)10-5-19-3-7-22(42)24(44)13-19/h3-10,13-16,28-29,33-45,48-52H,11-12,17-18H2,1-2H3/t28-,29-,33-,34+,35-,36-,37-,38-,39-,40+/m1/s1. The van der Waals surface area contributed by atoms with Gasteiger partial charge in [-0.2, -0.15) is 0 Å².